The Balaban J connectivity index is 2.17. The second kappa shape index (κ2) is 6.33. The lowest BCUT2D eigenvalue weighted by Gasteiger charge is -2.02. The number of fused-ring (bicyclic) bond motifs is 1. The Hall–Kier alpha value is -3.48. The number of benzene rings is 2. The number of aromatic nitrogens is 1. The topological polar surface area (TPSA) is 95.5 Å². The SMILES string of the molecule is C=CCOC(=O)c1cc([N+](=O)[O-])cc2nc(-c3ccccc3)oc12. The minimum Gasteiger partial charge on any atom is -0.458 e. The third kappa shape index (κ3) is 2.87. The molecular weight excluding hydrogens is 312 g/mol. The van der Waals surface area contributed by atoms with Crippen LogP contribution in [0.15, 0.2) is 59.5 Å². The van der Waals surface area contributed by atoms with Crippen LogP contribution in [0.1, 0.15) is 10.4 Å². The molecule has 0 aliphatic carbocycles. The van der Waals surface area contributed by atoms with Crippen LogP contribution in [0.2, 0.25) is 0 Å². The summed E-state index contributed by atoms with van der Waals surface area (Å²) in [6.45, 7) is 3.45. The van der Waals surface area contributed by atoms with Gasteiger partial charge in [0.2, 0.25) is 5.89 Å². The van der Waals surface area contributed by atoms with Crippen LogP contribution in [0.4, 0.5) is 5.69 Å². The van der Waals surface area contributed by atoms with Gasteiger partial charge < -0.3 is 9.15 Å². The molecule has 0 atom stereocenters. The van der Waals surface area contributed by atoms with Gasteiger partial charge in [-0.25, -0.2) is 9.78 Å². The summed E-state index contributed by atoms with van der Waals surface area (Å²) in [4.78, 5) is 26.9. The number of ether oxygens (including phenoxy) is 1. The number of non-ortho nitro benzene ring substituents is 1. The van der Waals surface area contributed by atoms with Gasteiger partial charge in [-0.2, -0.15) is 0 Å². The van der Waals surface area contributed by atoms with Gasteiger partial charge in [0.1, 0.15) is 17.7 Å². The van der Waals surface area contributed by atoms with E-state index in [0.29, 0.717) is 5.56 Å². The average Bonchev–Trinajstić information content (AvgIpc) is 3.03. The van der Waals surface area contributed by atoms with Crippen LogP contribution < -0.4 is 0 Å². The molecule has 0 unspecified atom stereocenters. The first-order chi connectivity index (χ1) is 11.6. The standard InChI is InChI=1S/C17H12N2O5/c1-2-8-23-17(20)13-9-12(19(21)22)10-14-15(13)24-16(18-14)11-6-4-3-5-7-11/h2-7,9-10H,1,8H2. The van der Waals surface area contributed by atoms with Crippen LogP contribution in [-0.2, 0) is 4.74 Å². The normalized spacial score (nSPS) is 10.5. The minimum atomic E-state index is -0.737. The second-order valence-corrected chi connectivity index (χ2v) is 4.87. The smallest absolute Gasteiger partial charge is 0.342 e. The fourth-order valence-corrected chi connectivity index (χ4v) is 2.19. The van der Waals surface area contributed by atoms with E-state index in [2.05, 4.69) is 11.6 Å². The van der Waals surface area contributed by atoms with E-state index in [0.717, 1.165) is 6.07 Å². The number of rotatable bonds is 5. The van der Waals surface area contributed by atoms with Gasteiger partial charge in [0.25, 0.3) is 5.69 Å². The summed E-state index contributed by atoms with van der Waals surface area (Å²) in [5.41, 5.74) is 0.751. The van der Waals surface area contributed by atoms with E-state index < -0.39 is 10.9 Å². The van der Waals surface area contributed by atoms with E-state index in [9.17, 15) is 14.9 Å². The summed E-state index contributed by atoms with van der Waals surface area (Å²) in [6, 6.07) is 11.4. The third-order valence-corrected chi connectivity index (χ3v) is 3.26. The molecule has 0 N–H and O–H groups in total. The number of carbonyl (C=O) groups excluding carboxylic acids is 1. The van der Waals surface area contributed by atoms with Crippen LogP contribution in [-0.4, -0.2) is 22.5 Å². The quantitative estimate of drug-likeness (QED) is 0.307. The van der Waals surface area contributed by atoms with E-state index in [1.165, 1.54) is 12.1 Å². The van der Waals surface area contributed by atoms with Gasteiger partial charge in [0.05, 0.1) is 4.92 Å². The molecular formula is C17H12N2O5. The lowest BCUT2D eigenvalue weighted by Crippen LogP contribution is -2.06. The predicted octanol–water partition coefficient (Wildman–Crippen LogP) is 3.75. The van der Waals surface area contributed by atoms with Gasteiger partial charge in [-0.1, -0.05) is 30.9 Å². The minimum absolute atomic E-state index is 0.0112. The lowest BCUT2D eigenvalue weighted by molar-refractivity contribution is -0.384. The number of hydrogen-bond donors (Lipinski definition) is 0. The van der Waals surface area contributed by atoms with Gasteiger partial charge in [-0.15, -0.1) is 0 Å². The Kier molecular flexibility index (Phi) is 4.07. The number of esters is 1. The van der Waals surface area contributed by atoms with Crippen LogP contribution in [0.25, 0.3) is 22.6 Å². The molecule has 3 aromatic rings. The molecule has 7 heteroatoms. The Morgan fingerprint density at radius 1 is 1.33 bits per heavy atom. The molecule has 0 aliphatic heterocycles. The van der Waals surface area contributed by atoms with Gasteiger partial charge in [0, 0.05) is 17.7 Å². The number of nitro benzene ring substituents is 1. The fourth-order valence-electron chi connectivity index (χ4n) is 2.19. The molecule has 0 fully saturated rings. The van der Waals surface area contributed by atoms with Crippen molar-refractivity contribution in [1.82, 2.24) is 4.98 Å². The molecule has 7 nitrogen and oxygen atoms in total. The highest BCUT2D eigenvalue weighted by molar-refractivity contribution is 6.02. The van der Waals surface area contributed by atoms with E-state index in [-0.39, 0.29) is 34.8 Å². The summed E-state index contributed by atoms with van der Waals surface area (Å²) < 4.78 is 10.6. The van der Waals surface area contributed by atoms with Crippen molar-refractivity contribution in [3.63, 3.8) is 0 Å². The Morgan fingerprint density at radius 3 is 2.75 bits per heavy atom. The molecule has 3 rings (SSSR count). The highest BCUT2D eigenvalue weighted by Gasteiger charge is 2.22. The summed E-state index contributed by atoms with van der Waals surface area (Å²) in [5.74, 6) is -0.469. The van der Waals surface area contributed by atoms with Crippen molar-refractivity contribution in [3.8, 4) is 11.5 Å². The largest absolute Gasteiger partial charge is 0.458 e. The van der Waals surface area contributed by atoms with Crippen LogP contribution in [0, 0.1) is 10.1 Å². The zero-order valence-corrected chi connectivity index (χ0v) is 12.5. The molecule has 0 bridgehead atoms. The van der Waals surface area contributed by atoms with Gasteiger partial charge >= 0.3 is 5.97 Å². The third-order valence-electron chi connectivity index (χ3n) is 3.26. The van der Waals surface area contributed by atoms with Crippen molar-refractivity contribution in [3.05, 3.63) is 70.8 Å². The molecule has 24 heavy (non-hydrogen) atoms. The highest BCUT2D eigenvalue weighted by atomic mass is 16.6. The number of nitro groups is 1. The molecule has 120 valence electrons. The van der Waals surface area contributed by atoms with Gasteiger partial charge in [-0.05, 0) is 12.1 Å². The van der Waals surface area contributed by atoms with Crippen molar-refractivity contribution >= 4 is 22.8 Å². The van der Waals surface area contributed by atoms with Crippen molar-refractivity contribution in [2.45, 2.75) is 0 Å². The summed E-state index contributed by atoms with van der Waals surface area (Å²) >= 11 is 0. The predicted molar refractivity (Wildman–Crippen MR) is 86.6 cm³/mol. The average molecular weight is 324 g/mol. The number of oxazole rings is 1. The first-order valence-electron chi connectivity index (χ1n) is 7.02. The van der Waals surface area contributed by atoms with Crippen molar-refractivity contribution in [2.75, 3.05) is 6.61 Å². The molecule has 1 aromatic heterocycles. The van der Waals surface area contributed by atoms with Crippen molar-refractivity contribution in [2.24, 2.45) is 0 Å². The molecule has 0 saturated carbocycles. The molecule has 0 amide bonds. The zero-order chi connectivity index (χ0) is 17.1. The van der Waals surface area contributed by atoms with Gasteiger partial charge in [0.15, 0.2) is 5.58 Å². The Morgan fingerprint density at radius 2 is 2.08 bits per heavy atom. The maximum Gasteiger partial charge on any atom is 0.342 e. The first kappa shape index (κ1) is 15.4. The van der Waals surface area contributed by atoms with Crippen molar-refractivity contribution in [1.29, 1.82) is 0 Å². The zero-order valence-electron chi connectivity index (χ0n) is 12.5. The molecule has 2 aromatic carbocycles. The van der Waals surface area contributed by atoms with E-state index >= 15 is 0 Å². The Labute approximate surface area is 136 Å². The summed E-state index contributed by atoms with van der Waals surface area (Å²) in [5, 5.41) is 11.1. The van der Waals surface area contributed by atoms with E-state index in [4.69, 9.17) is 9.15 Å². The van der Waals surface area contributed by atoms with Crippen LogP contribution in [0.3, 0.4) is 0 Å². The van der Waals surface area contributed by atoms with E-state index in [1.54, 1.807) is 12.1 Å². The number of carbonyl (C=O) groups is 1. The lowest BCUT2D eigenvalue weighted by atomic mass is 10.1. The maximum atomic E-state index is 12.2. The second-order valence-electron chi connectivity index (χ2n) is 4.87. The monoisotopic (exact) mass is 324 g/mol. The fraction of sp³-hybridized carbons (Fsp3) is 0.0588. The highest BCUT2D eigenvalue weighted by Crippen LogP contribution is 2.30. The van der Waals surface area contributed by atoms with E-state index in [1.807, 2.05) is 18.2 Å². The molecule has 0 radical (unpaired) electrons. The molecule has 0 saturated heterocycles. The van der Waals surface area contributed by atoms with Crippen LogP contribution in [0.5, 0.6) is 0 Å². The molecule has 1 heterocycles. The Bertz CT molecular complexity index is 931. The summed E-state index contributed by atoms with van der Waals surface area (Å²) in [7, 11) is 0. The van der Waals surface area contributed by atoms with Crippen LogP contribution >= 0.6 is 0 Å². The number of hydrogen-bond acceptors (Lipinski definition) is 6. The maximum absolute atomic E-state index is 12.2. The summed E-state index contributed by atoms with van der Waals surface area (Å²) in [6.07, 6.45) is 1.40. The number of nitrogens with zero attached hydrogens (tertiary/aromatic N) is 2. The first-order valence-corrected chi connectivity index (χ1v) is 7.02. The van der Waals surface area contributed by atoms with Crippen molar-refractivity contribution < 1.29 is 18.9 Å². The van der Waals surface area contributed by atoms with Gasteiger partial charge in [-0.3, -0.25) is 10.1 Å². The molecule has 0 aliphatic rings. The molecule has 0 spiro atoms.